The summed E-state index contributed by atoms with van der Waals surface area (Å²) in [5.41, 5.74) is 7.50. The Labute approximate surface area is 134 Å². The Morgan fingerprint density at radius 3 is 3.09 bits per heavy atom. The molecule has 118 valence electrons. The van der Waals surface area contributed by atoms with Gasteiger partial charge in [0.25, 0.3) is 5.56 Å². The van der Waals surface area contributed by atoms with Gasteiger partial charge >= 0.3 is 0 Å². The second-order valence-corrected chi connectivity index (χ2v) is 7.46. The predicted octanol–water partition coefficient (Wildman–Crippen LogP) is 2.98. The number of nitrogens with two attached hydrogens (primary N) is 1. The number of aromatic nitrogens is 2. The standard InChI is InChI=1S/C17H23N3OS/c1-11-3-2-4-14-16(11)19-15(20-17(14)21)10-22-13-6-5-12(9-13)7-8-18/h2-4,12-13H,5-10,18H2,1H3,(H,19,20,21)/t12-,13+/m1/s1. The number of para-hydroxylation sites is 1. The third kappa shape index (κ3) is 3.36. The van der Waals surface area contributed by atoms with E-state index in [4.69, 9.17) is 5.73 Å². The van der Waals surface area contributed by atoms with Crippen molar-refractivity contribution >= 4 is 22.7 Å². The van der Waals surface area contributed by atoms with Gasteiger partial charge in [0.15, 0.2) is 0 Å². The van der Waals surface area contributed by atoms with Crippen LogP contribution in [0.2, 0.25) is 0 Å². The van der Waals surface area contributed by atoms with E-state index in [1.807, 2.05) is 36.9 Å². The van der Waals surface area contributed by atoms with Crippen molar-refractivity contribution in [2.75, 3.05) is 6.54 Å². The Morgan fingerprint density at radius 1 is 1.41 bits per heavy atom. The molecule has 2 aromatic rings. The number of aromatic amines is 1. The summed E-state index contributed by atoms with van der Waals surface area (Å²) >= 11 is 1.92. The SMILES string of the molecule is Cc1cccc2c(=O)[nH]c(CS[C@H]3CC[C@H](CCN)C3)nc12. The highest BCUT2D eigenvalue weighted by atomic mass is 32.2. The first-order chi connectivity index (χ1) is 10.7. The highest BCUT2D eigenvalue weighted by molar-refractivity contribution is 7.99. The van der Waals surface area contributed by atoms with Gasteiger partial charge in [-0.25, -0.2) is 4.98 Å². The van der Waals surface area contributed by atoms with Crippen molar-refractivity contribution in [1.29, 1.82) is 0 Å². The summed E-state index contributed by atoms with van der Waals surface area (Å²) in [7, 11) is 0. The number of nitrogens with zero attached hydrogens (tertiary/aromatic N) is 1. The van der Waals surface area contributed by atoms with Crippen LogP contribution in [0.25, 0.3) is 10.9 Å². The molecule has 0 saturated heterocycles. The van der Waals surface area contributed by atoms with Crippen LogP contribution in [0.1, 0.15) is 37.1 Å². The number of hydrogen-bond donors (Lipinski definition) is 2. The van der Waals surface area contributed by atoms with E-state index in [1.54, 1.807) is 0 Å². The van der Waals surface area contributed by atoms with Gasteiger partial charge in [0.1, 0.15) is 5.82 Å². The molecule has 2 atom stereocenters. The Balaban J connectivity index is 1.70. The van der Waals surface area contributed by atoms with E-state index >= 15 is 0 Å². The number of hydrogen-bond acceptors (Lipinski definition) is 4. The zero-order valence-electron chi connectivity index (χ0n) is 13.0. The van der Waals surface area contributed by atoms with Crippen molar-refractivity contribution in [2.45, 2.75) is 43.6 Å². The number of thioether (sulfide) groups is 1. The first kappa shape index (κ1) is 15.6. The fraction of sp³-hybridized carbons (Fsp3) is 0.529. The maximum atomic E-state index is 12.2. The van der Waals surface area contributed by atoms with Gasteiger partial charge in [0, 0.05) is 5.25 Å². The molecule has 5 heteroatoms. The van der Waals surface area contributed by atoms with Crippen molar-refractivity contribution in [2.24, 2.45) is 11.7 Å². The van der Waals surface area contributed by atoms with Crippen LogP contribution in [0, 0.1) is 12.8 Å². The molecule has 0 unspecified atom stereocenters. The summed E-state index contributed by atoms with van der Waals surface area (Å²) in [5.74, 6) is 2.35. The van der Waals surface area contributed by atoms with E-state index in [1.165, 1.54) is 19.3 Å². The molecule has 3 N–H and O–H groups in total. The molecule has 4 nitrogen and oxygen atoms in total. The first-order valence-corrected chi connectivity index (χ1v) is 9.02. The van der Waals surface area contributed by atoms with Crippen molar-refractivity contribution < 1.29 is 0 Å². The van der Waals surface area contributed by atoms with Crippen LogP contribution in [-0.2, 0) is 5.75 Å². The number of aryl methyl sites for hydroxylation is 1. The molecule has 0 amide bonds. The van der Waals surface area contributed by atoms with Crippen molar-refractivity contribution in [3.63, 3.8) is 0 Å². The normalized spacial score (nSPS) is 21.5. The average Bonchev–Trinajstić information content (AvgIpc) is 2.94. The number of benzene rings is 1. The monoisotopic (exact) mass is 317 g/mol. The summed E-state index contributed by atoms with van der Waals surface area (Å²) in [6.07, 6.45) is 4.93. The van der Waals surface area contributed by atoms with Crippen LogP contribution in [0.3, 0.4) is 0 Å². The Hall–Kier alpha value is -1.33. The van der Waals surface area contributed by atoms with Crippen LogP contribution in [0.5, 0.6) is 0 Å². The van der Waals surface area contributed by atoms with Gasteiger partial charge in [0.2, 0.25) is 0 Å². The summed E-state index contributed by atoms with van der Waals surface area (Å²) in [6, 6.07) is 5.73. The minimum Gasteiger partial charge on any atom is -0.330 e. The lowest BCUT2D eigenvalue weighted by atomic mass is 10.1. The van der Waals surface area contributed by atoms with Crippen LogP contribution >= 0.6 is 11.8 Å². The molecule has 1 aromatic carbocycles. The third-order valence-corrected chi connectivity index (χ3v) is 5.85. The predicted molar refractivity (Wildman–Crippen MR) is 93.2 cm³/mol. The maximum Gasteiger partial charge on any atom is 0.258 e. The fourth-order valence-electron chi connectivity index (χ4n) is 3.30. The van der Waals surface area contributed by atoms with Crippen LogP contribution < -0.4 is 11.3 Å². The van der Waals surface area contributed by atoms with Gasteiger partial charge in [-0.05, 0) is 56.7 Å². The van der Waals surface area contributed by atoms with Crippen molar-refractivity contribution in [3.8, 4) is 0 Å². The molecule has 1 aliphatic carbocycles. The molecule has 1 heterocycles. The average molecular weight is 317 g/mol. The molecule has 0 bridgehead atoms. The third-order valence-electron chi connectivity index (χ3n) is 4.51. The highest BCUT2D eigenvalue weighted by Crippen LogP contribution is 2.36. The summed E-state index contributed by atoms with van der Waals surface area (Å²) in [6.45, 7) is 2.79. The second-order valence-electron chi connectivity index (χ2n) is 6.17. The lowest BCUT2D eigenvalue weighted by Gasteiger charge is -2.10. The Kier molecular flexibility index (Phi) is 4.84. The first-order valence-electron chi connectivity index (χ1n) is 7.97. The minimum absolute atomic E-state index is 0.0308. The highest BCUT2D eigenvalue weighted by Gasteiger charge is 2.24. The summed E-state index contributed by atoms with van der Waals surface area (Å²) in [4.78, 5) is 19.8. The molecule has 0 radical (unpaired) electrons. The van der Waals surface area contributed by atoms with E-state index < -0.39 is 0 Å². The molecule has 1 saturated carbocycles. The van der Waals surface area contributed by atoms with E-state index in [-0.39, 0.29) is 5.56 Å². The molecule has 0 spiro atoms. The van der Waals surface area contributed by atoms with Crippen LogP contribution in [-0.4, -0.2) is 21.8 Å². The van der Waals surface area contributed by atoms with Gasteiger partial charge in [-0.1, -0.05) is 12.1 Å². The van der Waals surface area contributed by atoms with Gasteiger partial charge in [0.05, 0.1) is 16.7 Å². The quantitative estimate of drug-likeness (QED) is 0.889. The second kappa shape index (κ2) is 6.84. The maximum absolute atomic E-state index is 12.2. The molecule has 1 aliphatic rings. The molecule has 22 heavy (non-hydrogen) atoms. The summed E-state index contributed by atoms with van der Waals surface area (Å²) in [5, 5.41) is 1.35. The smallest absolute Gasteiger partial charge is 0.258 e. The van der Waals surface area contributed by atoms with E-state index in [9.17, 15) is 4.79 Å². The lowest BCUT2D eigenvalue weighted by Crippen LogP contribution is -2.12. The van der Waals surface area contributed by atoms with Gasteiger partial charge in [-0.2, -0.15) is 11.8 Å². The number of rotatable bonds is 5. The zero-order chi connectivity index (χ0) is 15.5. The van der Waals surface area contributed by atoms with Crippen molar-refractivity contribution in [3.05, 3.63) is 39.9 Å². The Bertz CT molecular complexity index is 713. The molecule has 3 rings (SSSR count). The molecule has 0 aliphatic heterocycles. The fourth-order valence-corrected chi connectivity index (χ4v) is 4.54. The minimum atomic E-state index is -0.0308. The number of nitrogens with one attached hydrogen (secondary N) is 1. The molecule has 1 fully saturated rings. The summed E-state index contributed by atoms with van der Waals surface area (Å²) < 4.78 is 0. The van der Waals surface area contributed by atoms with Crippen LogP contribution in [0.4, 0.5) is 0 Å². The lowest BCUT2D eigenvalue weighted by molar-refractivity contribution is 0.512. The topological polar surface area (TPSA) is 71.8 Å². The van der Waals surface area contributed by atoms with Crippen molar-refractivity contribution in [1.82, 2.24) is 9.97 Å². The van der Waals surface area contributed by atoms with E-state index in [2.05, 4.69) is 9.97 Å². The molecular weight excluding hydrogens is 294 g/mol. The largest absolute Gasteiger partial charge is 0.330 e. The molecule has 1 aromatic heterocycles. The number of H-pyrrole nitrogens is 1. The Morgan fingerprint density at radius 2 is 2.27 bits per heavy atom. The van der Waals surface area contributed by atoms with Gasteiger partial charge in [-0.15, -0.1) is 0 Å². The number of fused-ring (bicyclic) bond motifs is 1. The van der Waals surface area contributed by atoms with Crippen LogP contribution in [0.15, 0.2) is 23.0 Å². The van der Waals surface area contributed by atoms with E-state index in [0.29, 0.717) is 10.6 Å². The van der Waals surface area contributed by atoms with Gasteiger partial charge < -0.3 is 10.7 Å². The van der Waals surface area contributed by atoms with Gasteiger partial charge in [-0.3, -0.25) is 4.79 Å². The van der Waals surface area contributed by atoms with E-state index in [0.717, 1.165) is 41.5 Å². The zero-order valence-corrected chi connectivity index (χ0v) is 13.8. The molecular formula is C17H23N3OS.